The summed E-state index contributed by atoms with van der Waals surface area (Å²) < 4.78 is 0. The van der Waals surface area contributed by atoms with Gasteiger partial charge in [-0.15, -0.1) is 0 Å². The molecule has 0 saturated heterocycles. The SMILES string of the molecule is OC1=C[C@@H]2CC[C@H]1C2. The van der Waals surface area contributed by atoms with Gasteiger partial charge in [0.05, 0.1) is 5.76 Å². The molecule has 1 saturated carbocycles. The minimum atomic E-state index is 0.556. The molecule has 1 nitrogen and oxygen atoms in total. The first-order chi connectivity index (χ1) is 3.86. The van der Waals surface area contributed by atoms with Gasteiger partial charge in [0.25, 0.3) is 0 Å². The number of rotatable bonds is 0. The number of hydrogen-bond acceptors (Lipinski definition) is 1. The zero-order chi connectivity index (χ0) is 5.56. The zero-order valence-corrected chi connectivity index (χ0v) is 4.80. The van der Waals surface area contributed by atoms with Crippen molar-refractivity contribution in [1.82, 2.24) is 0 Å². The molecule has 2 atom stereocenters. The summed E-state index contributed by atoms with van der Waals surface area (Å²) in [6.07, 6.45) is 5.79. The largest absolute Gasteiger partial charge is 0.512 e. The molecule has 0 aromatic carbocycles. The Morgan fingerprint density at radius 3 is 2.62 bits per heavy atom. The second-order valence-corrected chi connectivity index (χ2v) is 2.86. The minimum Gasteiger partial charge on any atom is -0.512 e. The van der Waals surface area contributed by atoms with E-state index in [2.05, 4.69) is 0 Å². The van der Waals surface area contributed by atoms with Crippen molar-refractivity contribution >= 4 is 0 Å². The van der Waals surface area contributed by atoms with Gasteiger partial charge in [0, 0.05) is 5.92 Å². The molecule has 44 valence electrons. The minimum absolute atomic E-state index is 0.556. The molecule has 0 aromatic rings. The van der Waals surface area contributed by atoms with Crippen LogP contribution in [0.4, 0.5) is 0 Å². The summed E-state index contributed by atoms with van der Waals surface area (Å²) in [6, 6.07) is 0. The molecule has 1 fully saturated rings. The Morgan fingerprint density at radius 1 is 1.50 bits per heavy atom. The summed E-state index contributed by atoms with van der Waals surface area (Å²) in [7, 11) is 0. The third kappa shape index (κ3) is 0.417. The molecule has 2 aliphatic carbocycles. The Labute approximate surface area is 49.0 Å². The van der Waals surface area contributed by atoms with Crippen molar-refractivity contribution in [3.63, 3.8) is 0 Å². The molecule has 1 heteroatoms. The van der Waals surface area contributed by atoms with Crippen molar-refractivity contribution in [1.29, 1.82) is 0 Å². The van der Waals surface area contributed by atoms with Crippen molar-refractivity contribution in [2.24, 2.45) is 11.8 Å². The van der Waals surface area contributed by atoms with E-state index in [1.165, 1.54) is 19.3 Å². The molecule has 2 bridgehead atoms. The number of fused-ring (bicyclic) bond motifs is 2. The van der Waals surface area contributed by atoms with Gasteiger partial charge in [0.1, 0.15) is 0 Å². The first-order valence-corrected chi connectivity index (χ1v) is 3.27. The highest BCUT2D eigenvalue weighted by atomic mass is 16.3. The molecule has 0 unspecified atom stereocenters. The number of allylic oxidation sites excluding steroid dienone is 2. The average molecular weight is 110 g/mol. The zero-order valence-electron chi connectivity index (χ0n) is 4.80. The van der Waals surface area contributed by atoms with Gasteiger partial charge >= 0.3 is 0 Å². The number of aliphatic hydroxyl groups is 1. The average Bonchev–Trinajstić information content (AvgIpc) is 2.23. The molecular weight excluding hydrogens is 100 g/mol. The third-order valence-corrected chi connectivity index (χ3v) is 2.30. The maximum Gasteiger partial charge on any atom is 0.0916 e. The fourth-order valence-corrected chi connectivity index (χ4v) is 1.81. The van der Waals surface area contributed by atoms with E-state index in [1.54, 1.807) is 0 Å². The van der Waals surface area contributed by atoms with E-state index in [4.69, 9.17) is 5.11 Å². The fraction of sp³-hybridized carbons (Fsp3) is 0.714. The van der Waals surface area contributed by atoms with Crippen molar-refractivity contribution in [2.75, 3.05) is 0 Å². The molecule has 2 aliphatic rings. The summed E-state index contributed by atoms with van der Waals surface area (Å²) in [6.45, 7) is 0. The third-order valence-electron chi connectivity index (χ3n) is 2.30. The van der Waals surface area contributed by atoms with Crippen LogP contribution in [-0.4, -0.2) is 5.11 Å². The van der Waals surface area contributed by atoms with Crippen LogP contribution >= 0.6 is 0 Å². The monoisotopic (exact) mass is 110 g/mol. The van der Waals surface area contributed by atoms with Crippen LogP contribution in [0, 0.1) is 11.8 Å². The van der Waals surface area contributed by atoms with Gasteiger partial charge in [0.15, 0.2) is 0 Å². The van der Waals surface area contributed by atoms with Crippen molar-refractivity contribution < 1.29 is 5.11 Å². The predicted octanol–water partition coefficient (Wildman–Crippen LogP) is 1.86. The maximum absolute atomic E-state index is 9.08. The molecule has 0 aliphatic heterocycles. The van der Waals surface area contributed by atoms with E-state index >= 15 is 0 Å². The van der Waals surface area contributed by atoms with Crippen LogP contribution in [0.15, 0.2) is 11.8 Å². The topological polar surface area (TPSA) is 20.2 Å². The second-order valence-electron chi connectivity index (χ2n) is 2.86. The second kappa shape index (κ2) is 1.28. The van der Waals surface area contributed by atoms with Crippen LogP contribution in [-0.2, 0) is 0 Å². The lowest BCUT2D eigenvalue weighted by molar-refractivity contribution is 0.339. The quantitative estimate of drug-likeness (QED) is 0.504. The molecule has 0 aromatic heterocycles. The first-order valence-electron chi connectivity index (χ1n) is 3.27. The molecule has 1 N–H and O–H groups in total. The van der Waals surface area contributed by atoms with Gasteiger partial charge in [-0.1, -0.05) is 0 Å². The highest BCUT2D eigenvalue weighted by Crippen LogP contribution is 2.42. The van der Waals surface area contributed by atoms with Gasteiger partial charge in [-0.05, 0) is 31.3 Å². The summed E-state index contributed by atoms with van der Waals surface area (Å²) in [5.41, 5.74) is 0. The molecule has 2 rings (SSSR count). The van der Waals surface area contributed by atoms with E-state index in [0.29, 0.717) is 11.7 Å². The highest BCUT2D eigenvalue weighted by molar-refractivity contribution is 5.12. The Bertz CT molecular complexity index is 137. The van der Waals surface area contributed by atoms with Crippen LogP contribution in [0.3, 0.4) is 0 Å². The lowest BCUT2D eigenvalue weighted by Gasteiger charge is -2.04. The Hall–Kier alpha value is -0.460. The van der Waals surface area contributed by atoms with E-state index < -0.39 is 0 Å². The number of aliphatic hydroxyl groups excluding tert-OH is 1. The summed E-state index contributed by atoms with van der Waals surface area (Å²) in [5.74, 6) is 1.96. The summed E-state index contributed by atoms with van der Waals surface area (Å²) >= 11 is 0. The van der Waals surface area contributed by atoms with Gasteiger partial charge in [-0.2, -0.15) is 0 Å². The predicted molar refractivity (Wildman–Crippen MR) is 31.5 cm³/mol. The normalized spacial score (nSPS) is 42.8. The van der Waals surface area contributed by atoms with Crippen LogP contribution < -0.4 is 0 Å². The van der Waals surface area contributed by atoms with Crippen molar-refractivity contribution in [3.8, 4) is 0 Å². The Morgan fingerprint density at radius 2 is 2.38 bits per heavy atom. The van der Waals surface area contributed by atoms with Crippen molar-refractivity contribution in [3.05, 3.63) is 11.8 Å². The summed E-state index contributed by atoms with van der Waals surface area (Å²) in [4.78, 5) is 0. The van der Waals surface area contributed by atoms with E-state index in [9.17, 15) is 0 Å². The number of hydrogen-bond donors (Lipinski definition) is 1. The van der Waals surface area contributed by atoms with Gasteiger partial charge in [-0.25, -0.2) is 0 Å². The Kier molecular flexibility index (Phi) is 0.706. The van der Waals surface area contributed by atoms with E-state index in [1.807, 2.05) is 6.08 Å². The molecule has 0 heterocycles. The van der Waals surface area contributed by atoms with Crippen LogP contribution in [0.5, 0.6) is 0 Å². The van der Waals surface area contributed by atoms with Gasteiger partial charge in [-0.3, -0.25) is 0 Å². The molecule has 0 radical (unpaired) electrons. The summed E-state index contributed by atoms with van der Waals surface area (Å²) in [5, 5.41) is 9.08. The van der Waals surface area contributed by atoms with Gasteiger partial charge in [0.2, 0.25) is 0 Å². The molecule has 8 heavy (non-hydrogen) atoms. The van der Waals surface area contributed by atoms with Gasteiger partial charge < -0.3 is 5.11 Å². The smallest absolute Gasteiger partial charge is 0.0916 e. The Balaban J connectivity index is 2.29. The lowest BCUT2D eigenvalue weighted by atomic mass is 10.1. The van der Waals surface area contributed by atoms with E-state index in [-0.39, 0.29) is 0 Å². The molecule has 0 amide bonds. The van der Waals surface area contributed by atoms with E-state index in [0.717, 1.165) is 5.92 Å². The highest BCUT2D eigenvalue weighted by Gasteiger charge is 2.32. The standard InChI is InChI=1S/C7H10O/c8-7-4-5-1-2-6(7)3-5/h4-6,8H,1-3H2/t5-,6+/m1/s1. The van der Waals surface area contributed by atoms with Crippen LogP contribution in [0.2, 0.25) is 0 Å². The molecule has 0 spiro atoms. The van der Waals surface area contributed by atoms with Crippen molar-refractivity contribution in [2.45, 2.75) is 19.3 Å². The lowest BCUT2D eigenvalue weighted by Crippen LogP contribution is -1.94. The fourth-order valence-electron chi connectivity index (χ4n) is 1.81. The molecular formula is C7H10O. The van der Waals surface area contributed by atoms with Crippen LogP contribution in [0.1, 0.15) is 19.3 Å². The van der Waals surface area contributed by atoms with Crippen LogP contribution in [0.25, 0.3) is 0 Å². The maximum atomic E-state index is 9.08. The first kappa shape index (κ1) is 4.42.